The zero-order valence-electron chi connectivity index (χ0n) is 12.5. The Labute approximate surface area is 147 Å². The average Bonchev–Trinajstić information content (AvgIpc) is 3.01. The lowest BCUT2D eigenvalue weighted by Gasteiger charge is -2.10. The summed E-state index contributed by atoms with van der Waals surface area (Å²) in [6.07, 6.45) is 3.33. The normalized spacial score (nSPS) is 11.3. The van der Waals surface area contributed by atoms with Crippen molar-refractivity contribution in [3.63, 3.8) is 0 Å². The Morgan fingerprint density at radius 1 is 1.08 bits per heavy atom. The van der Waals surface area contributed by atoms with Gasteiger partial charge in [0.1, 0.15) is 12.1 Å². The Balaban J connectivity index is 2.04. The SMILES string of the molecule is COc1cc2ncnc(-n3ccc4c(Cl)c(Cl)ccc43)c2cc1O. The molecule has 0 aliphatic heterocycles. The molecule has 0 saturated heterocycles. The lowest BCUT2D eigenvalue weighted by atomic mass is 10.2. The third-order valence-corrected chi connectivity index (χ3v) is 4.72. The molecule has 2 heterocycles. The quantitative estimate of drug-likeness (QED) is 0.568. The van der Waals surface area contributed by atoms with Crippen molar-refractivity contribution in [2.45, 2.75) is 0 Å². The number of benzene rings is 2. The second kappa shape index (κ2) is 5.54. The molecule has 0 unspecified atom stereocenters. The molecule has 0 aliphatic rings. The lowest BCUT2D eigenvalue weighted by Crippen LogP contribution is -1.99. The van der Waals surface area contributed by atoms with Gasteiger partial charge in [-0.05, 0) is 24.3 Å². The highest BCUT2D eigenvalue weighted by atomic mass is 35.5. The molecule has 24 heavy (non-hydrogen) atoms. The van der Waals surface area contributed by atoms with Crippen LogP contribution in [0.1, 0.15) is 0 Å². The molecule has 2 aromatic heterocycles. The summed E-state index contributed by atoms with van der Waals surface area (Å²) in [6.45, 7) is 0. The second-order valence-electron chi connectivity index (χ2n) is 5.22. The Morgan fingerprint density at radius 3 is 2.71 bits per heavy atom. The van der Waals surface area contributed by atoms with Gasteiger partial charge in [0, 0.05) is 23.0 Å². The minimum atomic E-state index is 0.0265. The van der Waals surface area contributed by atoms with Crippen molar-refractivity contribution in [1.29, 1.82) is 0 Å². The number of halogens is 2. The van der Waals surface area contributed by atoms with Crippen LogP contribution in [0.5, 0.6) is 11.5 Å². The van der Waals surface area contributed by atoms with Gasteiger partial charge in [0.2, 0.25) is 0 Å². The fraction of sp³-hybridized carbons (Fsp3) is 0.0588. The van der Waals surface area contributed by atoms with Crippen molar-refractivity contribution in [3.05, 3.63) is 52.9 Å². The van der Waals surface area contributed by atoms with Crippen LogP contribution in [0.2, 0.25) is 10.0 Å². The highest BCUT2D eigenvalue weighted by molar-refractivity contribution is 6.45. The predicted octanol–water partition coefficient (Wildman–Crippen LogP) is 4.59. The van der Waals surface area contributed by atoms with Crippen LogP contribution >= 0.6 is 23.2 Å². The Morgan fingerprint density at radius 2 is 1.92 bits per heavy atom. The molecule has 0 radical (unpaired) electrons. The first-order valence-electron chi connectivity index (χ1n) is 7.07. The molecular weight excluding hydrogens is 349 g/mol. The standard InChI is InChI=1S/C17H11Cl2N3O2/c1-24-15-7-12-10(6-14(15)23)17(21-8-20-12)22-5-4-9-13(22)3-2-11(18)16(9)19/h2-8,23H,1H3. The molecule has 0 fully saturated rings. The third kappa shape index (κ3) is 2.17. The highest BCUT2D eigenvalue weighted by Gasteiger charge is 2.14. The maximum atomic E-state index is 10.1. The molecule has 7 heteroatoms. The van der Waals surface area contributed by atoms with Gasteiger partial charge in [-0.2, -0.15) is 0 Å². The van der Waals surface area contributed by atoms with Crippen LogP contribution in [-0.4, -0.2) is 26.8 Å². The molecule has 120 valence electrons. The molecule has 4 rings (SSSR count). The topological polar surface area (TPSA) is 60.2 Å². The van der Waals surface area contributed by atoms with E-state index in [9.17, 15) is 5.11 Å². The monoisotopic (exact) mass is 359 g/mol. The van der Waals surface area contributed by atoms with Gasteiger partial charge < -0.3 is 14.4 Å². The fourth-order valence-electron chi connectivity index (χ4n) is 2.75. The van der Waals surface area contributed by atoms with Crippen molar-refractivity contribution in [1.82, 2.24) is 14.5 Å². The molecule has 0 amide bonds. The zero-order chi connectivity index (χ0) is 16.8. The van der Waals surface area contributed by atoms with E-state index in [1.54, 1.807) is 18.2 Å². The number of phenolic OH excluding ortho intramolecular Hbond substituents is 1. The molecule has 4 aromatic rings. The smallest absolute Gasteiger partial charge is 0.162 e. The van der Waals surface area contributed by atoms with E-state index in [0.717, 1.165) is 10.9 Å². The number of hydrogen-bond donors (Lipinski definition) is 1. The van der Waals surface area contributed by atoms with E-state index in [1.807, 2.05) is 22.9 Å². The van der Waals surface area contributed by atoms with E-state index in [2.05, 4.69) is 9.97 Å². The van der Waals surface area contributed by atoms with Gasteiger partial charge in [0.25, 0.3) is 0 Å². The average molecular weight is 360 g/mol. The summed E-state index contributed by atoms with van der Waals surface area (Å²) in [5.74, 6) is 1.02. The van der Waals surface area contributed by atoms with Crippen LogP contribution < -0.4 is 4.74 Å². The number of rotatable bonds is 2. The van der Waals surface area contributed by atoms with Crippen LogP contribution in [0.15, 0.2) is 42.9 Å². The van der Waals surface area contributed by atoms with Crippen molar-refractivity contribution in [2.75, 3.05) is 7.11 Å². The Hall–Kier alpha value is -2.50. The number of aromatic hydroxyl groups is 1. The minimum absolute atomic E-state index is 0.0265. The molecule has 0 spiro atoms. The molecule has 1 N–H and O–H groups in total. The van der Waals surface area contributed by atoms with Crippen LogP contribution in [0, 0.1) is 0 Å². The van der Waals surface area contributed by atoms with Gasteiger partial charge >= 0.3 is 0 Å². The van der Waals surface area contributed by atoms with Gasteiger partial charge in [-0.3, -0.25) is 0 Å². The summed E-state index contributed by atoms with van der Waals surface area (Å²) >= 11 is 12.4. The van der Waals surface area contributed by atoms with Crippen LogP contribution in [0.3, 0.4) is 0 Å². The van der Waals surface area contributed by atoms with E-state index in [0.29, 0.717) is 32.5 Å². The molecule has 0 aliphatic carbocycles. The summed E-state index contributed by atoms with van der Waals surface area (Å²) in [7, 11) is 1.49. The number of aromatic nitrogens is 3. The summed E-state index contributed by atoms with van der Waals surface area (Å²) in [5, 5.41) is 12.6. The van der Waals surface area contributed by atoms with Crippen LogP contribution in [-0.2, 0) is 0 Å². The van der Waals surface area contributed by atoms with E-state index in [1.165, 1.54) is 13.4 Å². The summed E-state index contributed by atoms with van der Waals surface area (Å²) < 4.78 is 7.02. The van der Waals surface area contributed by atoms with Crippen molar-refractivity contribution < 1.29 is 9.84 Å². The maximum absolute atomic E-state index is 10.1. The van der Waals surface area contributed by atoms with Crippen molar-refractivity contribution in [2.24, 2.45) is 0 Å². The van der Waals surface area contributed by atoms with Gasteiger partial charge in [0.15, 0.2) is 11.5 Å². The number of hydrogen-bond acceptors (Lipinski definition) is 4. The summed E-state index contributed by atoms with van der Waals surface area (Å²) in [5.41, 5.74) is 1.52. The lowest BCUT2D eigenvalue weighted by molar-refractivity contribution is 0.374. The maximum Gasteiger partial charge on any atom is 0.162 e. The molecular formula is C17H11Cl2N3O2. The van der Waals surface area contributed by atoms with Crippen LogP contribution in [0.4, 0.5) is 0 Å². The molecule has 0 saturated carbocycles. The summed E-state index contributed by atoms with van der Waals surface area (Å²) in [4.78, 5) is 8.62. The first-order chi connectivity index (χ1) is 11.6. The van der Waals surface area contributed by atoms with Crippen molar-refractivity contribution >= 4 is 45.0 Å². The van der Waals surface area contributed by atoms with Gasteiger partial charge in [-0.25, -0.2) is 9.97 Å². The van der Waals surface area contributed by atoms with Gasteiger partial charge in [-0.15, -0.1) is 0 Å². The number of phenols is 1. The Kier molecular flexibility index (Phi) is 3.48. The van der Waals surface area contributed by atoms with Crippen molar-refractivity contribution in [3.8, 4) is 17.3 Å². The molecule has 5 nitrogen and oxygen atoms in total. The minimum Gasteiger partial charge on any atom is -0.504 e. The largest absolute Gasteiger partial charge is 0.504 e. The number of methoxy groups -OCH3 is 1. The van der Waals surface area contributed by atoms with E-state index in [-0.39, 0.29) is 5.75 Å². The predicted molar refractivity (Wildman–Crippen MR) is 94.6 cm³/mol. The van der Waals surface area contributed by atoms with Gasteiger partial charge in [-0.1, -0.05) is 23.2 Å². The number of fused-ring (bicyclic) bond motifs is 2. The fourth-order valence-corrected chi connectivity index (χ4v) is 3.14. The van der Waals surface area contributed by atoms with Gasteiger partial charge in [0.05, 0.1) is 28.2 Å². The number of ether oxygens (including phenoxy) is 1. The highest BCUT2D eigenvalue weighted by Crippen LogP contribution is 2.35. The third-order valence-electron chi connectivity index (χ3n) is 3.90. The first-order valence-corrected chi connectivity index (χ1v) is 7.83. The van der Waals surface area contributed by atoms with Crippen LogP contribution in [0.25, 0.3) is 27.6 Å². The molecule has 0 bridgehead atoms. The van der Waals surface area contributed by atoms with E-state index >= 15 is 0 Å². The van der Waals surface area contributed by atoms with E-state index in [4.69, 9.17) is 27.9 Å². The molecule has 2 aromatic carbocycles. The first kappa shape index (κ1) is 15.1. The van der Waals surface area contributed by atoms with E-state index < -0.39 is 0 Å². The Bertz CT molecular complexity index is 1090. The molecule has 0 atom stereocenters. The zero-order valence-corrected chi connectivity index (χ0v) is 14.0. The summed E-state index contributed by atoms with van der Waals surface area (Å²) in [6, 6.07) is 8.76. The second-order valence-corrected chi connectivity index (χ2v) is 6.00. The number of nitrogens with zero attached hydrogens (tertiary/aromatic N) is 3.